The van der Waals surface area contributed by atoms with Crippen molar-refractivity contribution in [1.82, 2.24) is 9.88 Å². The Balaban J connectivity index is 1.52. The van der Waals surface area contributed by atoms with E-state index >= 15 is 0 Å². The first-order chi connectivity index (χ1) is 17.5. The standard InChI is InChI=1S/C24H25F3N4O4S2/c1-17-12-20(37(33,34)31(22-15-36-16-28-22)35-23(32)24(25,26)27)8-9-21(17)29(2)19-10-11-30(14-19)13-18-6-4-3-5-7-18/h3-9,12,15-16,19H,10-11,13-14H2,1-2H3/t19-/m0/s1. The fourth-order valence-electron chi connectivity index (χ4n) is 4.23. The van der Waals surface area contributed by atoms with Crippen molar-refractivity contribution in [3.8, 4) is 0 Å². The Morgan fingerprint density at radius 3 is 2.57 bits per heavy atom. The van der Waals surface area contributed by atoms with E-state index in [0.717, 1.165) is 48.5 Å². The summed E-state index contributed by atoms with van der Waals surface area (Å²) in [6.07, 6.45) is -4.46. The molecule has 13 heteroatoms. The van der Waals surface area contributed by atoms with E-state index in [1.165, 1.54) is 23.2 Å². The van der Waals surface area contributed by atoms with Crippen LogP contribution < -0.4 is 9.37 Å². The van der Waals surface area contributed by atoms with Crippen LogP contribution in [-0.2, 0) is 26.2 Å². The lowest BCUT2D eigenvalue weighted by atomic mass is 10.1. The van der Waals surface area contributed by atoms with E-state index in [1.54, 1.807) is 13.0 Å². The molecule has 0 spiro atoms. The number of thiazole rings is 1. The molecule has 1 aliphatic rings. The maximum atomic E-state index is 13.2. The third-order valence-electron chi connectivity index (χ3n) is 6.11. The molecule has 1 atom stereocenters. The lowest BCUT2D eigenvalue weighted by Gasteiger charge is -2.29. The molecule has 0 saturated carbocycles. The number of alkyl halides is 3. The Hall–Kier alpha value is -3.16. The van der Waals surface area contributed by atoms with Crippen molar-refractivity contribution in [1.29, 1.82) is 0 Å². The van der Waals surface area contributed by atoms with Crippen LogP contribution in [0.4, 0.5) is 24.7 Å². The number of aryl methyl sites for hydroxylation is 1. The monoisotopic (exact) mass is 554 g/mol. The normalized spacial score (nSPS) is 16.5. The van der Waals surface area contributed by atoms with Gasteiger partial charge in [-0.1, -0.05) is 34.8 Å². The van der Waals surface area contributed by atoms with Crippen LogP contribution in [0.3, 0.4) is 0 Å². The quantitative estimate of drug-likeness (QED) is 0.382. The van der Waals surface area contributed by atoms with Crippen molar-refractivity contribution >= 4 is 38.8 Å². The summed E-state index contributed by atoms with van der Waals surface area (Å²) >= 11 is 0.937. The van der Waals surface area contributed by atoms with Gasteiger partial charge in [-0.05, 0) is 42.7 Å². The van der Waals surface area contributed by atoms with Crippen LogP contribution in [0.1, 0.15) is 17.5 Å². The van der Waals surface area contributed by atoms with Crippen LogP contribution in [-0.4, -0.2) is 56.6 Å². The SMILES string of the molecule is Cc1cc(S(=O)(=O)N(OC(=O)C(F)(F)F)c2cscn2)ccc1N(C)[C@H]1CCN(Cc2ccccc2)C1. The number of rotatable bonds is 8. The molecule has 3 aromatic rings. The number of nitrogens with zero attached hydrogens (tertiary/aromatic N) is 4. The number of anilines is 2. The van der Waals surface area contributed by atoms with Crippen LogP contribution in [0.2, 0.25) is 0 Å². The van der Waals surface area contributed by atoms with Gasteiger partial charge < -0.3 is 9.74 Å². The van der Waals surface area contributed by atoms with E-state index in [1.807, 2.05) is 25.2 Å². The second-order valence-corrected chi connectivity index (χ2v) is 11.1. The minimum Gasteiger partial charge on any atom is -0.370 e. The predicted molar refractivity (Wildman–Crippen MR) is 134 cm³/mol. The first-order valence-corrected chi connectivity index (χ1v) is 13.7. The average Bonchev–Trinajstić information content (AvgIpc) is 3.54. The van der Waals surface area contributed by atoms with E-state index in [0.29, 0.717) is 5.56 Å². The van der Waals surface area contributed by atoms with Gasteiger partial charge in [0.05, 0.1) is 10.4 Å². The Bertz CT molecular complexity index is 1340. The molecule has 8 nitrogen and oxygen atoms in total. The van der Waals surface area contributed by atoms with E-state index < -0.39 is 28.0 Å². The zero-order valence-corrected chi connectivity index (χ0v) is 21.7. The highest BCUT2D eigenvalue weighted by molar-refractivity contribution is 7.92. The van der Waals surface area contributed by atoms with Gasteiger partial charge >= 0.3 is 12.1 Å². The molecule has 0 amide bonds. The number of benzene rings is 2. The maximum absolute atomic E-state index is 13.2. The van der Waals surface area contributed by atoms with Crippen molar-refractivity contribution in [2.24, 2.45) is 0 Å². The van der Waals surface area contributed by atoms with Crippen molar-refractivity contribution in [2.75, 3.05) is 29.5 Å². The number of carbonyl (C=O) groups excluding carboxylic acids is 1. The van der Waals surface area contributed by atoms with Gasteiger partial charge in [-0.15, -0.1) is 11.3 Å². The number of hydrogen-bond donors (Lipinski definition) is 0. The lowest BCUT2D eigenvalue weighted by molar-refractivity contribution is -0.199. The number of aromatic nitrogens is 1. The Morgan fingerprint density at radius 2 is 1.95 bits per heavy atom. The summed E-state index contributed by atoms with van der Waals surface area (Å²) < 4.78 is 64.8. The summed E-state index contributed by atoms with van der Waals surface area (Å²) in [7, 11) is -2.77. The predicted octanol–water partition coefficient (Wildman–Crippen LogP) is 4.38. The molecule has 4 rings (SSSR count). The van der Waals surface area contributed by atoms with Gasteiger partial charge in [0.15, 0.2) is 5.82 Å². The van der Waals surface area contributed by atoms with Crippen LogP contribution in [0.25, 0.3) is 0 Å². The zero-order chi connectivity index (χ0) is 26.8. The highest BCUT2D eigenvalue weighted by atomic mass is 32.2. The Morgan fingerprint density at radius 1 is 1.22 bits per heavy atom. The molecule has 37 heavy (non-hydrogen) atoms. The first-order valence-electron chi connectivity index (χ1n) is 11.3. The molecule has 0 N–H and O–H groups in total. The molecule has 0 bridgehead atoms. The van der Waals surface area contributed by atoms with Gasteiger partial charge in [-0.25, -0.2) is 9.78 Å². The average molecular weight is 555 g/mol. The van der Waals surface area contributed by atoms with Gasteiger partial charge in [0.1, 0.15) is 0 Å². The van der Waals surface area contributed by atoms with Crippen molar-refractivity contribution in [3.05, 3.63) is 70.5 Å². The molecule has 198 valence electrons. The summed E-state index contributed by atoms with van der Waals surface area (Å²) in [5.74, 6) is -3.12. The number of halogens is 3. The minimum absolute atomic E-state index is 0.0874. The van der Waals surface area contributed by atoms with Crippen molar-refractivity contribution in [3.63, 3.8) is 0 Å². The minimum atomic E-state index is -5.39. The van der Waals surface area contributed by atoms with Gasteiger partial charge in [0.2, 0.25) is 0 Å². The molecule has 0 radical (unpaired) electrons. The number of likely N-dealkylation sites (tertiary alicyclic amines) is 1. The van der Waals surface area contributed by atoms with Gasteiger partial charge in [0, 0.05) is 43.8 Å². The second-order valence-electron chi connectivity index (χ2n) is 8.68. The van der Waals surface area contributed by atoms with Crippen LogP contribution in [0, 0.1) is 6.92 Å². The summed E-state index contributed by atoms with van der Waals surface area (Å²) in [5.41, 5.74) is 3.83. The fourth-order valence-corrected chi connectivity index (χ4v) is 6.08. The van der Waals surface area contributed by atoms with Crippen LogP contribution in [0.15, 0.2) is 64.3 Å². The molecular formula is C24H25F3N4O4S2. The maximum Gasteiger partial charge on any atom is 0.493 e. The molecule has 2 heterocycles. The molecule has 1 saturated heterocycles. The zero-order valence-electron chi connectivity index (χ0n) is 20.1. The summed E-state index contributed by atoms with van der Waals surface area (Å²) in [4.78, 5) is 23.5. The summed E-state index contributed by atoms with van der Waals surface area (Å²) in [6, 6.07) is 14.6. The highest BCUT2D eigenvalue weighted by Crippen LogP contribution is 2.31. The molecule has 1 aromatic heterocycles. The number of hydrogen-bond acceptors (Lipinski definition) is 8. The fraction of sp³-hybridized carbons (Fsp3) is 0.333. The van der Waals surface area contributed by atoms with E-state index in [2.05, 4.69) is 31.8 Å². The lowest BCUT2D eigenvalue weighted by Crippen LogP contribution is -2.39. The third-order valence-corrected chi connectivity index (χ3v) is 8.23. The molecule has 1 fully saturated rings. The molecular weight excluding hydrogens is 529 g/mol. The van der Waals surface area contributed by atoms with E-state index in [9.17, 15) is 26.4 Å². The van der Waals surface area contributed by atoms with Gasteiger partial charge in [-0.2, -0.15) is 21.6 Å². The highest BCUT2D eigenvalue weighted by Gasteiger charge is 2.45. The third kappa shape index (κ3) is 6.05. The topological polar surface area (TPSA) is 83.0 Å². The molecule has 2 aromatic carbocycles. The largest absolute Gasteiger partial charge is 0.493 e. The summed E-state index contributed by atoms with van der Waals surface area (Å²) in [6.45, 7) is 4.30. The van der Waals surface area contributed by atoms with Crippen molar-refractivity contribution in [2.45, 2.75) is 37.0 Å². The van der Waals surface area contributed by atoms with Gasteiger partial charge in [-0.3, -0.25) is 4.90 Å². The molecule has 0 aliphatic carbocycles. The first kappa shape index (κ1) is 26.9. The second kappa shape index (κ2) is 10.7. The van der Waals surface area contributed by atoms with E-state index in [4.69, 9.17) is 0 Å². The number of sulfonamides is 1. The molecule has 1 aliphatic heterocycles. The van der Waals surface area contributed by atoms with Crippen molar-refractivity contribution < 1.29 is 31.2 Å². The smallest absolute Gasteiger partial charge is 0.370 e. The number of likely N-dealkylation sites (N-methyl/N-ethyl adjacent to an activating group) is 1. The Kier molecular flexibility index (Phi) is 7.76. The number of carbonyl (C=O) groups is 1. The molecule has 0 unspecified atom stereocenters. The Labute approximate surface area is 216 Å². The van der Waals surface area contributed by atoms with Crippen LogP contribution >= 0.6 is 11.3 Å². The van der Waals surface area contributed by atoms with E-state index in [-0.39, 0.29) is 15.4 Å². The van der Waals surface area contributed by atoms with Gasteiger partial charge in [0.25, 0.3) is 10.0 Å². The van der Waals surface area contributed by atoms with Crippen LogP contribution in [0.5, 0.6) is 0 Å². The summed E-state index contributed by atoms with van der Waals surface area (Å²) in [5, 5.41) is 1.16.